The van der Waals surface area contributed by atoms with Crippen molar-refractivity contribution < 1.29 is 0 Å². The van der Waals surface area contributed by atoms with Crippen molar-refractivity contribution in [2.75, 3.05) is 26.2 Å². The second-order valence-electron chi connectivity index (χ2n) is 5.52. The van der Waals surface area contributed by atoms with E-state index in [-0.39, 0.29) is 0 Å². The molecule has 2 heteroatoms. The fourth-order valence-corrected chi connectivity index (χ4v) is 2.73. The van der Waals surface area contributed by atoms with Crippen LogP contribution in [-0.2, 0) is 6.54 Å². The number of hydrogen-bond donors (Lipinski definition) is 1. The third-order valence-corrected chi connectivity index (χ3v) is 3.88. The van der Waals surface area contributed by atoms with Gasteiger partial charge in [-0.15, -0.1) is 0 Å². The Balaban J connectivity index is 1.73. The second-order valence-corrected chi connectivity index (χ2v) is 5.52. The molecule has 1 saturated heterocycles. The summed E-state index contributed by atoms with van der Waals surface area (Å²) in [5.74, 6) is 0.898. The van der Waals surface area contributed by atoms with Gasteiger partial charge in [0.25, 0.3) is 0 Å². The van der Waals surface area contributed by atoms with Crippen LogP contribution in [0.25, 0.3) is 0 Å². The summed E-state index contributed by atoms with van der Waals surface area (Å²) >= 11 is 0. The van der Waals surface area contributed by atoms with E-state index in [1.165, 1.54) is 43.6 Å². The first-order chi connectivity index (χ1) is 8.78. The van der Waals surface area contributed by atoms with Gasteiger partial charge in [-0.1, -0.05) is 36.8 Å². The van der Waals surface area contributed by atoms with E-state index in [0.717, 1.165) is 19.0 Å². The maximum absolute atomic E-state index is 3.43. The molecule has 1 atom stereocenters. The Morgan fingerprint density at radius 1 is 1.28 bits per heavy atom. The standard InChI is InChI=1S/C16H26N2/c1-3-17-10-8-16-9-11-18(13-16)12-15-6-4-14(2)5-7-15/h4-7,16-17H,3,8-13H2,1-2H3. The van der Waals surface area contributed by atoms with E-state index in [1.807, 2.05) is 0 Å². The zero-order valence-corrected chi connectivity index (χ0v) is 11.8. The smallest absolute Gasteiger partial charge is 0.0233 e. The van der Waals surface area contributed by atoms with Crippen molar-refractivity contribution in [2.24, 2.45) is 5.92 Å². The molecular formula is C16H26N2. The predicted molar refractivity (Wildman–Crippen MR) is 77.7 cm³/mol. The Labute approximate surface area is 111 Å². The summed E-state index contributed by atoms with van der Waals surface area (Å²) in [4.78, 5) is 2.60. The van der Waals surface area contributed by atoms with Gasteiger partial charge in [0.05, 0.1) is 0 Å². The van der Waals surface area contributed by atoms with E-state index >= 15 is 0 Å². The lowest BCUT2D eigenvalue weighted by Crippen LogP contribution is -2.22. The van der Waals surface area contributed by atoms with Gasteiger partial charge in [0.1, 0.15) is 0 Å². The number of benzene rings is 1. The molecule has 1 aliphatic heterocycles. The lowest BCUT2D eigenvalue weighted by Gasteiger charge is -2.16. The highest BCUT2D eigenvalue weighted by atomic mass is 15.1. The summed E-state index contributed by atoms with van der Waals surface area (Å²) in [6.07, 6.45) is 2.70. The van der Waals surface area contributed by atoms with Crippen LogP contribution < -0.4 is 5.32 Å². The van der Waals surface area contributed by atoms with Crippen LogP contribution in [0.2, 0.25) is 0 Å². The molecule has 0 aliphatic carbocycles. The number of hydrogen-bond acceptors (Lipinski definition) is 2. The van der Waals surface area contributed by atoms with Crippen molar-refractivity contribution in [1.29, 1.82) is 0 Å². The molecule has 0 saturated carbocycles. The van der Waals surface area contributed by atoms with Gasteiger partial charge in [0, 0.05) is 13.1 Å². The van der Waals surface area contributed by atoms with Crippen LogP contribution in [0.5, 0.6) is 0 Å². The number of nitrogens with zero attached hydrogens (tertiary/aromatic N) is 1. The van der Waals surface area contributed by atoms with Crippen LogP contribution in [0.3, 0.4) is 0 Å². The van der Waals surface area contributed by atoms with Crippen LogP contribution in [0.4, 0.5) is 0 Å². The van der Waals surface area contributed by atoms with Crippen LogP contribution in [0.1, 0.15) is 30.9 Å². The Morgan fingerprint density at radius 2 is 2.06 bits per heavy atom. The van der Waals surface area contributed by atoms with E-state index in [1.54, 1.807) is 0 Å². The minimum atomic E-state index is 0.898. The van der Waals surface area contributed by atoms with Crippen molar-refractivity contribution in [3.63, 3.8) is 0 Å². The van der Waals surface area contributed by atoms with Crippen molar-refractivity contribution in [1.82, 2.24) is 10.2 Å². The minimum Gasteiger partial charge on any atom is -0.317 e. The molecule has 18 heavy (non-hydrogen) atoms. The van der Waals surface area contributed by atoms with Gasteiger partial charge in [-0.25, -0.2) is 0 Å². The van der Waals surface area contributed by atoms with Gasteiger partial charge < -0.3 is 5.32 Å². The highest BCUT2D eigenvalue weighted by Crippen LogP contribution is 2.21. The molecule has 1 aromatic carbocycles. The van der Waals surface area contributed by atoms with Gasteiger partial charge in [0.2, 0.25) is 0 Å². The van der Waals surface area contributed by atoms with Crippen LogP contribution >= 0.6 is 0 Å². The maximum atomic E-state index is 3.43. The van der Waals surface area contributed by atoms with Gasteiger partial charge in [-0.2, -0.15) is 0 Å². The molecule has 1 heterocycles. The third kappa shape index (κ3) is 4.11. The van der Waals surface area contributed by atoms with Gasteiger partial charge in [-0.05, 0) is 50.9 Å². The highest BCUT2D eigenvalue weighted by molar-refractivity contribution is 5.21. The molecule has 0 radical (unpaired) electrons. The fourth-order valence-electron chi connectivity index (χ4n) is 2.73. The van der Waals surface area contributed by atoms with E-state index < -0.39 is 0 Å². The maximum Gasteiger partial charge on any atom is 0.0233 e. The van der Waals surface area contributed by atoms with Crippen molar-refractivity contribution in [2.45, 2.75) is 33.2 Å². The molecule has 2 nitrogen and oxygen atoms in total. The quantitative estimate of drug-likeness (QED) is 0.777. The first-order valence-corrected chi connectivity index (χ1v) is 7.26. The highest BCUT2D eigenvalue weighted by Gasteiger charge is 2.21. The molecule has 1 aromatic rings. The van der Waals surface area contributed by atoms with E-state index in [9.17, 15) is 0 Å². The fraction of sp³-hybridized carbons (Fsp3) is 0.625. The molecule has 1 N–H and O–H groups in total. The molecule has 0 amide bonds. The van der Waals surface area contributed by atoms with Crippen molar-refractivity contribution in [3.8, 4) is 0 Å². The van der Waals surface area contributed by atoms with E-state index in [0.29, 0.717) is 0 Å². The molecule has 1 fully saturated rings. The number of aryl methyl sites for hydroxylation is 1. The molecule has 2 rings (SSSR count). The molecule has 0 aromatic heterocycles. The molecule has 0 bridgehead atoms. The monoisotopic (exact) mass is 246 g/mol. The molecule has 100 valence electrons. The van der Waals surface area contributed by atoms with E-state index in [4.69, 9.17) is 0 Å². The normalized spacial score (nSPS) is 20.4. The van der Waals surface area contributed by atoms with Crippen LogP contribution in [0.15, 0.2) is 24.3 Å². The molecule has 1 aliphatic rings. The van der Waals surface area contributed by atoms with Crippen LogP contribution in [0, 0.1) is 12.8 Å². The van der Waals surface area contributed by atoms with Gasteiger partial charge in [-0.3, -0.25) is 4.90 Å². The molecule has 0 spiro atoms. The molecule has 1 unspecified atom stereocenters. The average Bonchev–Trinajstić information content (AvgIpc) is 2.80. The second kappa shape index (κ2) is 6.91. The summed E-state index contributed by atoms with van der Waals surface area (Å²) in [6, 6.07) is 8.96. The lowest BCUT2D eigenvalue weighted by molar-refractivity contribution is 0.312. The first-order valence-electron chi connectivity index (χ1n) is 7.26. The summed E-state index contributed by atoms with van der Waals surface area (Å²) in [7, 11) is 0. The Bertz CT molecular complexity index is 345. The number of nitrogens with one attached hydrogen (secondary N) is 1. The van der Waals surface area contributed by atoms with Crippen LogP contribution in [-0.4, -0.2) is 31.1 Å². The van der Waals surface area contributed by atoms with Crippen molar-refractivity contribution >= 4 is 0 Å². The van der Waals surface area contributed by atoms with E-state index in [2.05, 4.69) is 48.3 Å². The predicted octanol–water partition coefficient (Wildman–Crippen LogP) is 2.82. The number of likely N-dealkylation sites (tertiary alicyclic amines) is 1. The summed E-state index contributed by atoms with van der Waals surface area (Å²) < 4.78 is 0. The Hall–Kier alpha value is -0.860. The van der Waals surface area contributed by atoms with Gasteiger partial charge in [0.15, 0.2) is 0 Å². The zero-order chi connectivity index (χ0) is 12.8. The summed E-state index contributed by atoms with van der Waals surface area (Å²) in [6.45, 7) is 10.3. The largest absolute Gasteiger partial charge is 0.317 e. The Morgan fingerprint density at radius 3 is 2.78 bits per heavy atom. The van der Waals surface area contributed by atoms with Crippen molar-refractivity contribution in [3.05, 3.63) is 35.4 Å². The lowest BCUT2D eigenvalue weighted by atomic mass is 10.1. The SMILES string of the molecule is CCNCCC1CCN(Cc2ccc(C)cc2)C1. The topological polar surface area (TPSA) is 15.3 Å². The van der Waals surface area contributed by atoms with Gasteiger partial charge >= 0.3 is 0 Å². The first kappa shape index (κ1) is 13.6. The Kier molecular flexibility index (Phi) is 5.21. The third-order valence-electron chi connectivity index (χ3n) is 3.88. The minimum absolute atomic E-state index is 0.898. The summed E-state index contributed by atoms with van der Waals surface area (Å²) in [5, 5.41) is 3.43. The zero-order valence-electron chi connectivity index (χ0n) is 11.8. The summed E-state index contributed by atoms with van der Waals surface area (Å²) in [5.41, 5.74) is 2.80. The number of rotatable bonds is 6. The molecular weight excluding hydrogens is 220 g/mol. The average molecular weight is 246 g/mol.